The molecule has 2 rings (SSSR count). The highest BCUT2D eigenvalue weighted by Gasteiger charge is 2.21. The van der Waals surface area contributed by atoms with Crippen molar-refractivity contribution in [3.8, 4) is 5.75 Å². The van der Waals surface area contributed by atoms with Crippen molar-refractivity contribution < 1.29 is 23.0 Å². The molecule has 1 N–H and O–H groups in total. The molecule has 20 heavy (non-hydrogen) atoms. The second-order valence-corrected chi connectivity index (χ2v) is 4.85. The van der Waals surface area contributed by atoms with Crippen molar-refractivity contribution in [2.24, 2.45) is 0 Å². The lowest BCUT2D eigenvalue weighted by Crippen LogP contribution is -2.05. The number of rotatable bonds is 3. The van der Waals surface area contributed by atoms with Crippen LogP contribution in [0.15, 0.2) is 34.8 Å². The molecule has 0 spiro atoms. The Bertz CT molecular complexity index is 647. The molecule has 0 aliphatic carbocycles. The first-order valence-electron chi connectivity index (χ1n) is 5.60. The number of halogens is 4. The van der Waals surface area contributed by atoms with Crippen molar-refractivity contribution in [2.45, 2.75) is 6.10 Å². The minimum atomic E-state index is -1.36. The van der Waals surface area contributed by atoms with Crippen LogP contribution in [0.2, 0.25) is 0 Å². The van der Waals surface area contributed by atoms with E-state index in [1.54, 1.807) is 0 Å². The van der Waals surface area contributed by atoms with E-state index in [4.69, 9.17) is 4.74 Å². The van der Waals surface area contributed by atoms with Crippen LogP contribution in [0, 0.1) is 17.5 Å². The first kappa shape index (κ1) is 14.9. The summed E-state index contributed by atoms with van der Waals surface area (Å²) >= 11 is 2.88. The third kappa shape index (κ3) is 2.66. The fourth-order valence-corrected chi connectivity index (χ4v) is 2.38. The average molecular weight is 347 g/mol. The van der Waals surface area contributed by atoms with Crippen molar-refractivity contribution in [3.05, 3.63) is 63.4 Å². The minimum absolute atomic E-state index is 0.0767. The summed E-state index contributed by atoms with van der Waals surface area (Å²) in [6.07, 6.45) is -1.36. The highest BCUT2D eigenvalue weighted by Crippen LogP contribution is 2.35. The van der Waals surface area contributed by atoms with Crippen LogP contribution in [0.3, 0.4) is 0 Å². The Morgan fingerprint density at radius 1 is 1.10 bits per heavy atom. The topological polar surface area (TPSA) is 29.5 Å². The molecule has 106 valence electrons. The van der Waals surface area contributed by atoms with Crippen LogP contribution in [0.4, 0.5) is 13.2 Å². The third-order valence-corrected chi connectivity index (χ3v) is 3.65. The van der Waals surface area contributed by atoms with Gasteiger partial charge in [-0.05, 0) is 40.2 Å². The molecular weight excluding hydrogens is 337 g/mol. The number of methoxy groups -OCH3 is 1. The van der Waals surface area contributed by atoms with Gasteiger partial charge in [-0.15, -0.1) is 0 Å². The van der Waals surface area contributed by atoms with Gasteiger partial charge in [0.25, 0.3) is 0 Å². The number of aliphatic hydroxyl groups excluding tert-OH is 1. The molecule has 0 saturated heterocycles. The SMILES string of the molecule is COc1ccc(F)cc1C(O)c1ccc(F)c(F)c1Br. The number of ether oxygens (including phenoxy) is 1. The first-order valence-corrected chi connectivity index (χ1v) is 6.40. The summed E-state index contributed by atoms with van der Waals surface area (Å²) < 4.78 is 44.7. The Morgan fingerprint density at radius 2 is 1.80 bits per heavy atom. The number of aliphatic hydroxyl groups is 1. The van der Waals surface area contributed by atoms with E-state index in [1.165, 1.54) is 25.3 Å². The van der Waals surface area contributed by atoms with Crippen molar-refractivity contribution in [2.75, 3.05) is 7.11 Å². The zero-order valence-electron chi connectivity index (χ0n) is 10.3. The molecule has 2 aromatic rings. The maximum Gasteiger partial charge on any atom is 0.173 e. The van der Waals surface area contributed by atoms with Gasteiger partial charge in [-0.1, -0.05) is 6.07 Å². The molecule has 0 radical (unpaired) electrons. The highest BCUT2D eigenvalue weighted by molar-refractivity contribution is 9.10. The summed E-state index contributed by atoms with van der Waals surface area (Å²) in [6, 6.07) is 5.72. The van der Waals surface area contributed by atoms with Crippen LogP contribution in [0.1, 0.15) is 17.2 Å². The monoisotopic (exact) mass is 346 g/mol. The lowest BCUT2D eigenvalue weighted by Gasteiger charge is -2.17. The van der Waals surface area contributed by atoms with Crippen molar-refractivity contribution in [3.63, 3.8) is 0 Å². The van der Waals surface area contributed by atoms with Gasteiger partial charge in [0, 0.05) is 11.1 Å². The van der Waals surface area contributed by atoms with Gasteiger partial charge in [0.15, 0.2) is 11.6 Å². The van der Waals surface area contributed by atoms with Gasteiger partial charge in [-0.3, -0.25) is 0 Å². The molecule has 2 nitrogen and oxygen atoms in total. The molecule has 0 aliphatic heterocycles. The van der Waals surface area contributed by atoms with Crippen LogP contribution < -0.4 is 4.74 Å². The van der Waals surface area contributed by atoms with Crippen LogP contribution in [-0.4, -0.2) is 12.2 Å². The Kier molecular flexibility index (Phi) is 4.35. The van der Waals surface area contributed by atoms with E-state index < -0.39 is 23.6 Å². The molecule has 1 atom stereocenters. The normalized spacial score (nSPS) is 12.3. The van der Waals surface area contributed by atoms with E-state index in [-0.39, 0.29) is 21.3 Å². The largest absolute Gasteiger partial charge is 0.496 e. The quantitative estimate of drug-likeness (QED) is 0.852. The minimum Gasteiger partial charge on any atom is -0.496 e. The Balaban J connectivity index is 2.54. The molecule has 1 unspecified atom stereocenters. The van der Waals surface area contributed by atoms with Gasteiger partial charge in [0.2, 0.25) is 0 Å². The Morgan fingerprint density at radius 3 is 2.45 bits per heavy atom. The van der Waals surface area contributed by atoms with Crippen LogP contribution in [0.5, 0.6) is 5.75 Å². The van der Waals surface area contributed by atoms with Gasteiger partial charge in [-0.25, -0.2) is 13.2 Å². The summed E-state index contributed by atoms with van der Waals surface area (Å²) in [4.78, 5) is 0. The first-order chi connectivity index (χ1) is 9.45. The molecule has 0 fully saturated rings. The summed E-state index contributed by atoms with van der Waals surface area (Å²) in [5.74, 6) is -2.48. The summed E-state index contributed by atoms with van der Waals surface area (Å²) in [5.41, 5.74) is 0.201. The van der Waals surface area contributed by atoms with E-state index >= 15 is 0 Å². The molecule has 6 heteroatoms. The van der Waals surface area contributed by atoms with E-state index in [0.29, 0.717) is 0 Å². The van der Waals surface area contributed by atoms with Crippen molar-refractivity contribution in [1.29, 1.82) is 0 Å². The zero-order valence-corrected chi connectivity index (χ0v) is 11.9. The standard InChI is InChI=1S/C14H10BrF3O2/c1-20-11-5-2-7(16)6-9(11)14(19)8-3-4-10(17)13(18)12(8)15/h2-6,14,19H,1H3. The van der Waals surface area contributed by atoms with Crippen molar-refractivity contribution >= 4 is 15.9 Å². The fraction of sp³-hybridized carbons (Fsp3) is 0.143. The molecule has 0 saturated carbocycles. The average Bonchev–Trinajstić information content (AvgIpc) is 2.44. The lowest BCUT2D eigenvalue weighted by atomic mass is 10.0. The molecule has 0 aliphatic rings. The van der Waals surface area contributed by atoms with E-state index in [1.807, 2.05) is 0 Å². The summed E-state index contributed by atoms with van der Waals surface area (Å²) in [7, 11) is 1.36. The smallest absolute Gasteiger partial charge is 0.173 e. The van der Waals surface area contributed by atoms with Gasteiger partial charge >= 0.3 is 0 Å². The van der Waals surface area contributed by atoms with Crippen LogP contribution in [-0.2, 0) is 0 Å². The molecule has 0 amide bonds. The predicted molar refractivity (Wildman–Crippen MR) is 71.1 cm³/mol. The molecule has 0 heterocycles. The maximum absolute atomic E-state index is 13.5. The second kappa shape index (κ2) is 5.85. The zero-order chi connectivity index (χ0) is 14.9. The third-order valence-electron chi connectivity index (χ3n) is 2.85. The van der Waals surface area contributed by atoms with E-state index in [9.17, 15) is 18.3 Å². The van der Waals surface area contributed by atoms with Gasteiger partial charge in [0.05, 0.1) is 11.6 Å². The number of hydrogen-bond donors (Lipinski definition) is 1. The fourth-order valence-electron chi connectivity index (χ4n) is 1.84. The number of benzene rings is 2. The van der Waals surface area contributed by atoms with Crippen LogP contribution >= 0.6 is 15.9 Å². The second-order valence-electron chi connectivity index (χ2n) is 4.05. The van der Waals surface area contributed by atoms with Gasteiger partial charge in [-0.2, -0.15) is 0 Å². The molecule has 2 aromatic carbocycles. The lowest BCUT2D eigenvalue weighted by molar-refractivity contribution is 0.212. The predicted octanol–water partition coefficient (Wildman–Crippen LogP) is 3.96. The number of hydrogen-bond acceptors (Lipinski definition) is 2. The van der Waals surface area contributed by atoms with Gasteiger partial charge < -0.3 is 9.84 Å². The van der Waals surface area contributed by atoms with Gasteiger partial charge in [0.1, 0.15) is 17.7 Å². The van der Waals surface area contributed by atoms with E-state index in [2.05, 4.69) is 15.9 Å². The highest BCUT2D eigenvalue weighted by atomic mass is 79.9. The summed E-state index contributed by atoms with van der Waals surface area (Å²) in [5, 5.41) is 10.3. The Labute approximate surface area is 121 Å². The summed E-state index contributed by atoms with van der Waals surface area (Å²) in [6.45, 7) is 0. The maximum atomic E-state index is 13.5. The Hall–Kier alpha value is -1.53. The molecule has 0 aromatic heterocycles. The molecule has 0 bridgehead atoms. The van der Waals surface area contributed by atoms with E-state index in [0.717, 1.165) is 12.1 Å². The van der Waals surface area contributed by atoms with Crippen molar-refractivity contribution in [1.82, 2.24) is 0 Å². The molecular formula is C14H10BrF3O2. The van der Waals surface area contributed by atoms with Crippen LogP contribution in [0.25, 0.3) is 0 Å².